The van der Waals surface area contributed by atoms with Crippen LogP contribution in [0, 0.1) is 6.92 Å². The summed E-state index contributed by atoms with van der Waals surface area (Å²) >= 11 is 0. The highest BCUT2D eigenvalue weighted by molar-refractivity contribution is 5.79. The van der Waals surface area contributed by atoms with E-state index < -0.39 is 6.03 Å². The van der Waals surface area contributed by atoms with Crippen LogP contribution in [0.2, 0.25) is 0 Å². The van der Waals surface area contributed by atoms with Crippen molar-refractivity contribution in [2.45, 2.75) is 6.92 Å². The Kier molecular flexibility index (Phi) is 2.97. The highest BCUT2D eigenvalue weighted by atomic mass is 16.2. The summed E-state index contributed by atoms with van der Waals surface area (Å²) in [7, 11) is 0. The Hall–Kier alpha value is -1.91. The summed E-state index contributed by atoms with van der Waals surface area (Å²) in [4.78, 5) is 14.3. The second-order valence-electron chi connectivity index (χ2n) is 2.49. The zero-order valence-electron chi connectivity index (χ0n) is 7.19. The number of nitrogens with one attached hydrogen (secondary N) is 1. The average molecular weight is 178 g/mol. The summed E-state index contributed by atoms with van der Waals surface area (Å²) in [5.41, 5.74) is 8.61. The molecule has 1 aromatic heterocycles. The molecule has 68 valence electrons. The van der Waals surface area contributed by atoms with E-state index in [0.29, 0.717) is 5.69 Å². The third kappa shape index (κ3) is 3.33. The molecule has 0 aliphatic heterocycles. The molecule has 1 aromatic rings. The Balaban J connectivity index is 2.59. The van der Waals surface area contributed by atoms with Gasteiger partial charge in [-0.05, 0) is 18.6 Å². The van der Waals surface area contributed by atoms with Gasteiger partial charge in [0.05, 0.1) is 11.9 Å². The molecule has 0 saturated heterocycles. The number of amides is 2. The molecular weight excluding hydrogens is 168 g/mol. The second kappa shape index (κ2) is 4.20. The molecule has 0 radical (unpaired) electrons. The molecule has 0 fully saturated rings. The van der Waals surface area contributed by atoms with Gasteiger partial charge in [0.2, 0.25) is 0 Å². The molecule has 0 atom stereocenters. The number of nitrogens with two attached hydrogens (primary N) is 1. The molecule has 0 unspecified atom stereocenters. The maximum Gasteiger partial charge on any atom is 0.332 e. The lowest BCUT2D eigenvalue weighted by Crippen LogP contribution is -2.24. The van der Waals surface area contributed by atoms with Crippen molar-refractivity contribution in [2.24, 2.45) is 10.8 Å². The van der Waals surface area contributed by atoms with Gasteiger partial charge >= 0.3 is 6.03 Å². The fourth-order valence-electron chi connectivity index (χ4n) is 0.718. The minimum atomic E-state index is -0.691. The molecule has 0 aliphatic rings. The SMILES string of the molecule is Cc1ccc(/C=N/NC(N)=O)nc1. The zero-order valence-corrected chi connectivity index (χ0v) is 7.19. The number of hydrogen-bond acceptors (Lipinski definition) is 3. The number of urea groups is 1. The van der Waals surface area contributed by atoms with Crippen LogP contribution in [0.5, 0.6) is 0 Å². The molecule has 3 N–H and O–H groups in total. The third-order valence-corrected chi connectivity index (χ3v) is 1.31. The first-order valence-corrected chi connectivity index (χ1v) is 3.69. The van der Waals surface area contributed by atoms with Crippen LogP contribution in [0.3, 0.4) is 0 Å². The van der Waals surface area contributed by atoms with Gasteiger partial charge in [-0.15, -0.1) is 0 Å². The maximum atomic E-state index is 10.2. The van der Waals surface area contributed by atoms with Gasteiger partial charge in [0.1, 0.15) is 0 Å². The number of aromatic nitrogens is 1. The van der Waals surface area contributed by atoms with Crippen molar-refractivity contribution in [2.75, 3.05) is 0 Å². The number of pyridine rings is 1. The Bertz CT molecular complexity index is 317. The van der Waals surface area contributed by atoms with Crippen molar-refractivity contribution in [3.8, 4) is 0 Å². The summed E-state index contributed by atoms with van der Waals surface area (Å²) in [5, 5.41) is 3.56. The maximum absolute atomic E-state index is 10.2. The molecule has 13 heavy (non-hydrogen) atoms. The highest BCUT2D eigenvalue weighted by Gasteiger charge is 1.89. The van der Waals surface area contributed by atoms with Crippen molar-refractivity contribution in [1.29, 1.82) is 0 Å². The fraction of sp³-hybridized carbons (Fsp3) is 0.125. The second-order valence-corrected chi connectivity index (χ2v) is 2.49. The third-order valence-electron chi connectivity index (χ3n) is 1.31. The highest BCUT2D eigenvalue weighted by Crippen LogP contribution is 1.94. The molecule has 0 saturated carbocycles. The first kappa shape index (κ1) is 9.18. The van der Waals surface area contributed by atoms with E-state index in [0.717, 1.165) is 5.56 Å². The topological polar surface area (TPSA) is 80.4 Å². The van der Waals surface area contributed by atoms with Crippen molar-refractivity contribution in [1.82, 2.24) is 10.4 Å². The van der Waals surface area contributed by atoms with E-state index in [2.05, 4.69) is 15.5 Å². The molecule has 5 heteroatoms. The normalized spacial score (nSPS) is 10.2. The fourth-order valence-corrected chi connectivity index (χ4v) is 0.718. The monoisotopic (exact) mass is 178 g/mol. The molecule has 0 spiro atoms. The van der Waals surface area contributed by atoms with E-state index in [1.54, 1.807) is 12.3 Å². The summed E-state index contributed by atoms with van der Waals surface area (Å²) in [5.74, 6) is 0. The zero-order chi connectivity index (χ0) is 9.68. The van der Waals surface area contributed by atoms with Gasteiger partial charge in [-0.2, -0.15) is 5.10 Å². The lowest BCUT2D eigenvalue weighted by molar-refractivity contribution is 0.249. The quantitative estimate of drug-likeness (QED) is 0.507. The van der Waals surface area contributed by atoms with Gasteiger partial charge in [-0.3, -0.25) is 4.98 Å². The Morgan fingerprint density at radius 1 is 1.69 bits per heavy atom. The van der Waals surface area contributed by atoms with Crippen molar-refractivity contribution in [3.63, 3.8) is 0 Å². The lowest BCUT2D eigenvalue weighted by Gasteiger charge is -1.93. The molecule has 5 nitrogen and oxygen atoms in total. The first-order valence-electron chi connectivity index (χ1n) is 3.69. The number of carbonyl (C=O) groups is 1. The average Bonchev–Trinajstić information content (AvgIpc) is 2.08. The minimum absolute atomic E-state index is 0.666. The predicted octanol–water partition coefficient (Wildman–Crippen LogP) is 0.392. The summed E-state index contributed by atoms with van der Waals surface area (Å²) < 4.78 is 0. The van der Waals surface area contributed by atoms with Gasteiger partial charge in [-0.1, -0.05) is 6.07 Å². The van der Waals surface area contributed by atoms with E-state index in [4.69, 9.17) is 5.73 Å². The molecule has 1 heterocycles. The molecule has 0 aliphatic carbocycles. The van der Waals surface area contributed by atoms with Gasteiger partial charge in [-0.25, -0.2) is 10.2 Å². The predicted molar refractivity (Wildman–Crippen MR) is 49.3 cm³/mol. The van der Waals surface area contributed by atoms with E-state index >= 15 is 0 Å². The van der Waals surface area contributed by atoms with Crippen LogP contribution in [0.15, 0.2) is 23.4 Å². The number of rotatable bonds is 2. The van der Waals surface area contributed by atoms with Crippen LogP contribution < -0.4 is 11.2 Å². The largest absolute Gasteiger partial charge is 0.350 e. The number of hydrogen-bond donors (Lipinski definition) is 2. The molecular formula is C8H10N4O. The van der Waals surface area contributed by atoms with Crippen LogP contribution in [0.25, 0.3) is 0 Å². The van der Waals surface area contributed by atoms with E-state index in [1.165, 1.54) is 6.21 Å². The smallest absolute Gasteiger partial charge is 0.332 e. The number of primary amides is 1. The van der Waals surface area contributed by atoms with Gasteiger partial charge < -0.3 is 5.73 Å². The van der Waals surface area contributed by atoms with E-state index in [9.17, 15) is 4.79 Å². The molecule has 1 rings (SSSR count). The van der Waals surface area contributed by atoms with Crippen LogP contribution in [0.4, 0.5) is 4.79 Å². The van der Waals surface area contributed by atoms with Crippen molar-refractivity contribution >= 4 is 12.2 Å². The van der Waals surface area contributed by atoms with Crippen LogP contribution >= 0.6 is 0 Å². The number of carbonyl (C=O) groups excluding carboxylic acids is 1. The van der Waals surface area contributed by atoms with Crippen molar-refractivity contribution in [3.05, 3.63) is 29.6 Å². The summed E-state index contributed by atoms with van der Waals surface area (Å²) in [6, 6.07) is 3.00. The minimum Gasteiger partial charge on any atom is -0.350 e. The summed E-state index contributed by atoms with van der Waals surface area (Å²) in [6.45, 7) is 1.94. The molecule has 0 bridgehead atoms. The lowest BCUT2D eigenvalue weighted by atomic mass is 10.3. The number of aryl methyl sites for hydroxylation is 1. The van der Waals surface area contributed by atoms with E-state index in [-0.39, 0.29) is 0 Å². The summed E-state index contributed by atoms with van der Waals surface area (Å²) in [6.07, 6.45) is 3.13. The number of nitrogens with zero attached hydrogens (tertiary/aromatic N) is 2. The Morgan fingerprint density at radius 3 is 3.00 bits per heavy atom. The van der Waals surface area contributed by atoms with Crippen molar-refractivity contribution < 1.29 is 4.79 Å². The van der Waals surface area contributed by atoms with Gasteiger partial charge in [0.15, 0.2) is 0 Å². The van der Waals surface area contributed by atoms with Crippen LogP contribution in [-0.2, 0) is 0 Å². The Labute approximate surface area is 75.7 Å². The molecule has 2 amide bonds. The van der Waals surface area contributed by atoms with E-state index in [1.807, 2.05) is 13.0 Å². The molecule has 0 aromatic carbocycles. The van der Waals surface area contributed by atoms with Gasteiger partial charge in [0.25, 0.3) is 0 Å². The standard InChI is InChI=1S/C8H10N4O/c1-6-2-3-7(10-4-6)5-11-12-8(9)13/h2-5H,1H3,(H3,9,12,13)/b11-5+. The van der Waals surface area contributed by atoms with Crippen LogP contribution in [0.1, 0.15) is 11.3 Å². The van der Waals surface area contributed by atoms with Gasteiger partial charge in [0, 0.05) is 6.20 Å². The first-order chi connectivity index (χ1) is 6.18. The number of hydrazone groups is 1. The van der Waals surface area contributed by atoms with Crippen LogP contribution in [-0.4, -0.2) is 17.2 Å². The Morgan fingerprint density at radius 2 is 2.46 bits per heavy atom.